The van der Waals surface area contributed by atoms with Crippen molar-refractivity contribution in [2.45, 2.75) is 45.3 Å². The first-order valence-corrected chi connectivity index (χ1v) is 6.47. The van der Waals surface area contributed by atoms with E-state index in [-0.39, 0.29) is 11.3 Å². The van der Waals surface area contributed by atoms with Crippen LogP contribution >= 0.6 is 0 Å². The van der Waals surface area contributed by atoms with Crippen molar-refractivity contribution in [1.29, 1.82) is 0 Å². The minimum Gasteiger partial charge on any atom is -0.478 e. The number of rotatable bonds is 2. The molecule has 1 aliphatic heterocycles. The second-order valence-corrected chi connectivity index (χ2v) is 5.74. The number of hydrogen-bond donors (Lipinski definition) is 1. The minimum atomic E-state index is -1.11. The van der Waals surface area contributed by atoms with E-state index >= 15 is 0 Å². The molecule has 2 heterocycles. The Morgan fingerprint density at radius 2 is 2.20 bits per heavy atom. The summed E-state index contributed by atoms with van der Waals surface area (Å²) in [7, 11) is 0. The van der Waals surface area contributed by atoms with Crippen LogP contribution in [-0.4, -0.2) is 39.4 Å². The van der Waals surface area contributed by atoms with Gasteiger partial charge in [-0.15, -0.1) is 0 Å². The molecular weight excluding hydrogens is 264 g/mol. The van der Waals surface area contributed by atoms with Crippen molar-refractivity contribution in [3.05, 3.63) is 17.5 Å². The van der Waals surface area contributed by atoms with Gasteiger partial charge in [0.2, 0.25) is 0 Å². The van der Waals surface area contributed by atoms with E-state index in [9.17, 15) is 9.59 Å². The molecule has 1 N–H and O–H groups in total. The van der Waals surface area contributed by atoms with E-state index in [0.717, 1.165) is 12.6 Å². The molecule has 1 unspecified atom stereocenters. The lowest BCUT2D eigenvalue weighted by atomic mass is 10.1. The van der Waals surface area contributed by atoms with Crippen molar-refractivity contribution < 1.29 is 24.0 Å². The molecule has 0 aliphatic carbocycles. The SMILES string of the molecule is CC(C)(C)OC(=O)N1CCCC1c1oncc1C(=O)O. The number of carbonyl (C=O) groups is 2. The Labute approximate surface area is 116 Å². The quantitative estimate of drug-likeness (QED) is 0.895. The van der Waals surface area contributed by atoms with Gasteiger partial charge in [-0.1, -0.05) is 5.16 Å². The first-order valence-electron chi connectivity index (χ1n) is 6.47. The Balaban J connectivity index is 2.21. The number of amides is 1. The average Bonchev–Trinajstić information content (AvgIpc) is 2.95. The van der Waals surface area contributed by atoms with E-state index in [1.54, 1.807) is 20.8 Å². The Hall–Kier alpha value is -2.05. The van der Waals surface area contributed by atoms with Gasteiger partial charge in [-0.2, -0.15) is 0 Å². The first-order chi connectivity index (χ1) is 9.29. The number of carbonyl (C=O) groups excluding carboxylic acids is 1. The number of likely N-dealkylation sites (tertiary alicyclic amines) is 1. The molecule has 0 radical (unpaired) electrons. The van der Waals surface area contributed by atoms with Crippen molar-refractivity contribution >= 4 is 12.1 Å². The van der Waals surface area contributed by atoms with Gasteiger partial charge in [0.1, 0.15) is 11.2 Å². The maximum absolute atomic E-state index is 12.1. The zero-order chi connectivity index (χ0) is 14.9. The molecule has 0 saturated carbocycles. The lowest BCUT2D eigenvalue weighted by Gasteiger charge is -2.27. The maximum atomic E-state index is 12.1. The van der Waals surface area contributed by atoms with Gasteiger partial charge >= 0.3 is 12.1 Å². The number of aromatic nitrogens is 1. The fourth-order valence-electron chi connectivity index (χ4n) is 2.23. The summed E-state index contributed by atoms with van der Waals surface area (Å²) in [6.07, 6.45) is 2.09. The van der Waals surface area contributed by atoms with Gasteiger partial charge in [0.25, 0.3) is 0 Å². The summed E-state index contributed by atoms with van der Waals surface area (Å²) in [6, 6.07) is -0.432. The van der Waals surface area contributed by atoms with E-state index in [4.69, 9.17) is 14.4 Å². The van der Waals surface area contributed by atoms with Crippen LogP contribution in [0.15, 0.2) is 10.7 Å². The number of carboxylic acid groups (broad SMARTS) is 1. The molecule has 1 atom stereocenters. The standard InChI is InChI=1S/C13H18N2O5/c1-13(2,3)19-12(18)15-6-4-5-9(15)10-8(11(16)17)7-14-20-10/h7,9H,4-6H2,1-3H3,(H,16,17). The van der Waals surface area contributed by atoms with Gasteiger partial charge < -0.3 is 14.4 Å². The van der Waals surface area contributed by atoms with Gasteiger partial charge in [0, 0.05) is 6.54 Å². The Bertz CT molecular complexity index is 517. The molecule has 2 rings (SSSR count). The molecule has 0 bridgehead atoms. The number of ether oxygens (including phenoxy) is 1. The zero-order valence-electron chi connectivity index (χ0n) is 11.8. The van der Waals surface area contributed by atoms with Crippen molar-refractivity contribution in [3.8, 4) is 0 Å². The van der Waals surface area contributed by atoms with Crippen molar-refractivity contribution in [1.82, 2.24) is 10.1 Å². The van der Waals surface area contributed by atoms with Crippen LogP contribution in [0.1, 0.15) is 55.8 Å². The summed E-state index contributed by atoms with van der Waals surface area (Å²) in [4.78, 5) is 24.8. The van der Waals surface area contributed by atoms with Crippen molar-refractivity contribution in [3.63, 3.8) is 0 Å². The van der Waals surface area contributed by atoms with Crippen LogP contribution in [0, 0.1) is 0 Å². The third kappa shape index (κ3) is 2.92. The number of hydrogen-bond acceptors (Lipinski definition) is 5. The molecule has 7 heteroatoms. The minimum absolute atomic E-state index is 0.00883. The summed E-state index contributed by atoms with van der Waals surface area (Å²) in [5.74, 6) is -0.904. The van der Waals surface area contributed by atoms with E-state index in [2.05, 4.69) is 5.16 Å². The van der Waals surface area contributed by atoms with E-state index < -0.39 is 23.7 Å². The van der Waals surface area contributed by atoms with Crippen LogP contribution < -0.4 is 0 Å². The normalized spacial score (nSPS) is 19.1. The monoisotopic (exact) mass is 282 g/mol. The predicted molar refractivity (Wildman–Crippen MR) is 68.4 cm³/mol. The van der Waals surface area contributed by atoms with Gasteiger partial charge in [0.05, 0.1) is 12.2 Å². The summed E-state index contributed by atoms with van der Waals surface area (Å²) in [5.41, 5.74) is -0.605. The van der Waals surface area contributed by atoms with Crippen molar-refractivity contribution in [2.24, 2.45) is 0 Å². The second kappa shape index (κ2) is 5.15. The Morgan fingerprint density at radius 1 is 1.50 bits per heavy atom. The lowest BCUT2D eigenvalue weighted by molar-refractivity contribution is 0.0201. The molecule has 110 valence electrons. The zero-order valence-corrected chi connectivity index (χ0v) is 11.8. The third-order valence-corrected chi connectivity index (χ3v) is 3.01. The highest BCUT2D eigenvalue weighted by Gasteiger charge is 2.37. The largest absolute Gasteiger partial charge is 0.478 e. The van der Waals surface area contributed by atoms with Gasteiger partial charge in [0.15, 0.2) is 5.76 Å². The summed E-state index contributed by atoms with van der Waals surface area (Å²) >= 11 is 0. The third-order valence-electron chi connectivity index (χ3n) is 3.01. The second-order valence-electron chi connectivity index (χ2n) is 5.74. The molecule has 1 aromatic heterocycles. The molecule has 7 nitrogen and oxygen atoms in total. The highest BCUT2D eigenvalue weighted by atomic mass is 16.6. The maximum Gasteiger partial charge on any atom is 0.410 e. The fraction of sp³-hybridized carbons (Fsp3) is 0.615. The Morgan fingerprint density at radius 3 is 2.80 bits per heavy atom. The number of aromatic carboxylic acids is 1. The average molecular weight is 282 g/mol. The fourth-order valence-corrected chi connectivity index (χ4v) is 2.23. The summed E-state index contributed by atoms with van der Waals surface area (Å²) in [6.45, 7) is 5.87. The smallest absolute Gasteiger partial charge is 0.410 e. The van der Waals surface area contributed by atoms with Crippen LogP contribution in [-0.2, 0) is 4.74 Å². The molecule has 1 aliphatic rings. The van der Waals surface area contributed by atoms with Crippen LogP contribution in [0.25, 0.3) is 0 Å². The van der Waals surface area contributed by atoms with Crippen LogP contribution in [0.3, 0.4) is 0 Å². The van der Waals surface area contributed by atoms with Crippen LogP contribution in [0.4, 0.5) is 4.79 Å². The molecule has 0 aromatic carbocycles. The van der Waals surface area contributed by atoms with Gasteiger partial charge in [-0.05, 0) is 33.6 Å². The number of nitrogens with zero attached hydrogens (tertiary/aromatic N) is 2. The molecule has 0 spiro atoms. The van der Waals surface area contributed by atoms with Crippen molar-refractivity contribution in [2.75, 3.05) is 6.54 Å². The molecule has 20 heavy (non-hydrogen) atoms. The topological polar surface area (TPSA) is 92.9 Å². The van der Waals surface area contributed by atoms with Gasteiger partial charge in [-0.25, -0.2) is 9.59 Å². The number of carboxylic acids is 1. The molecular formula is C13H18N2O5. The van der Waals surface area contributed by atoms with Gasteiger partial charge in [-0.3, -0.25) is 4.90 Å². The van der Waals surface area contributed by atoms with E-state index in [0.29, 0.717) is 13.0 Å². The summed E-state index contributed by atoms with van der Waals surface area (Å²) < 4.78 is 10.4. The molecule has 1 amide bonds. The Kier molecular flexibility index (Phi) is 3.69. The highest BCUT2D eigenvalue weighted by molar-refractivity contribution is 5.88. The first kappa shape index (κ1) is 14.4. The summed E-state index contributed by atoms with van der Waals surface area (Å²) in [5, 5.41) is 12.6. The van der Waals surface area contributed by atoms with Crippen LogP contribution in [0.2, 0.25) is 0 Å². The molecule has 1 fully saturated rings. The lowest BCUT2D eigenvalue weighted by Crippen LogP contribution is -2.36. The van der Waals surface area contributed by atoms with E-state index in [1.807, 2.05) is 0 Å². The molecule has 1 saturated heterocycles. The van der Waals surface area contributed by atoms with Crippen LogP contribution in [0.5, 0.6) is 0 Å². The van der Waals surface area contributed by atoms with E-state index in [1.165, 1.54) is 4.90 Å². The highest BCUT2D eigenvalue weighted by Crippen LogP contribution is 2.34. The molecule has 1 aromatic rings. The predicted octanol–water partition coefficient (Wildman–Crippen LogP) is 2.44.